The summed E-state index contributed by atoms with van der Waals surface area (Å²) in [6.45, 7) is 7.05. The lowest BCUT2D eigenvalue weighted by atomic mass is 9.85. The minimum atomic E-state index is -0.0864. The van der Waals surface area contributed by atoms with Gasteiger partial charge in [-0.1, -0.05) is 178 Å². The molecule has 0 aliphatic heterocycles. The van der Waals surface area contributed by atoms with Crippen LogP contribution in [0.25, 0.3) is 142 Å². The van der Waals surface area contributed by atoms with Gasteiger partial charge in [0.25, 0.3) is 0 Å². The van der Waals surface area contributed by atoms with Crippen molar-refractivity contribution < 1.29 is 0 Å². The number of para-hydroxylation sites is 7. The Morgan fingerprint density at radius 2 is 0.628 bits per heavy atom. The molecule has 6 nitrogen and oxygen atoms in total. The van der Waals surface area contributed by atoms with Gasteiger partial charge in [-0.05, 0) is 174 Å². The molecule has 20 rings (SSSR count). The van der Waals surface area contributed by atoms with Crippen molar-refractivity contribution >= 4 is 154 Å². The van der Waals surface area contributed by atoms with Crippen molar-refractivity contribution in [2.45, 2.75) is 26.2 Å². The van der Waals surface area contributed by atoms with E-state index in [1.54, 1.807) is 0 Å². The number of hydrogen-bond donors (Lipinski definition) is 0. The Kier molecular flexibility index (Phi) is 11.0. The van der Waals surface area contributed by atoms with Crippen molar-refractivity contribution in [3.8, 4) is 22.5 Å². The van der Waals surface area contributed by atoms with E-state index in [0.717, 1.165) is 56.6 Å². The molecule has 6 heterocycles. The fourth-order valence-electron chi connectivity index (χ4n) is 16.2. The molecule has 0 fully saturated rings. The molecule has 0 unspecified atom stereocenters. The molecule has 6 heteroatoms. The molecule has 6 aromatic heterocycles. The molecular formula is C88H60N6. The standard InChI is InChI=1S/C88H60N6/c1-88(2,3)57-49-72-70-51-68-64-37-19-20-40-74(64)91(61-32-15-7-16-33-61)80(68)53-82(70)94-83-54-81-69(52-71(83)73(50-57)87(72)94)67-48-56(45-46-75(67)92(81)62-34-17-8-18-35-62)55-25-21-36-63(47-55)90(60-30-13-6-14-31-60)77-42-24-44-79-85(77)66-39-22-38-65-84-76(41-23-43-78(84)93(79)86(65)66)89(58-26-9-4-10-27-58)59-28-11-5-12-29-59/h4-54H,1-3H3. The Labute approximate surface area is 542 Å². The third kappa shape index (κ3) is 7.47. The van der Waals surface area contributed by atoms with Crippen LogP contribution in [-0.4, -0.2) is 17.9 Å². The van der Waals surface area contributed by atoms with E-state index in [4.69, 9.17) is 0 Å². The van der Waals surface area contributed by atoms with Crippen LogP contribution in [0.3, 0.4) is 0 Å². The molecule has 0 saturated heterocycles. The molecule has 442 valence electrons. The van der Waals surface area contributed by atoms with Gasteiger partial charge < -0.3 is 27.7 Å². The van der Waals surface area contributed by atoms with Gasteiger partial charge in [0, 0.05) is 98.8 Å². The van der Waals surface area contributed by atoms with E-state index in [-0.39, 0.29) is 5.41 Å². The van der Waals surface area contributed by atoms with Gasteiger partial charge in [0.15, 0.2) is 0 Å². The van der Waals surface area contributed by atoms with Crippen LogP contribution in [0.5, 0.6) is 0 Å². The SMILES string of the molecule is CC(C)(C)c1cc2c3cc4c5ccccc5n(-c5ccccc5)c4cc3n3c4cc5c(cc4c(c1)c23)c1cc(-c2cccc(N(c3ccccc3)c3cccc4c3c3cccc6c7c(N(c8ccccc8)c8ccccc8)cccc7n4c63)c2)ccc1n5-c1ccccc1. The number of rotatable bonds is 9. The Morgan fingerprint density at radius 1 is 0.245 bits per heavy atom. The summed E-state index contributed by atoms with van der Waals surface area (Å²) in [6.07, 6.45) is 0. The van der Waals surface area contributed by atoms with E-state index in [1.165, 1.54) is 125 Å². The molecule has 94 heavy (non-hydrogen) atoms. The average molecular weight is 1200 g/mol. The van der Waals surface area contributed by atoms with E-state index < -0.39 is 0 Å². The summed E-state index contributed by atoms with van der Waals surface area (Å²) in [6, 6.07) is 115. The number of aromatic nitrogens is 4. The highest BCUT2D eigenvalue weighted by molar-refractivity contribution is 6.30. The largest absolute Gasteiger partial charge is 0.310 e. The highest BCUT2D eigenvalue weighted by atomic mass is 15.2. The van der Waals surface area contributed by atoms with Crippen LogP contribution in [0.4, 0.5) is 34.1 Å². The monoisotopic (exact) mass is 1200 g/mol. The molecule has 0 aliphatic carbocycles. The first-order chi connectivity index (χ1) is 46.3. The molecule has 0 spiro atoms. The summed E-state index contributed by atoms with van der Waals surface area (Å²) >= 11 is 0. The maximum Gasteiger partial charge on any atom is 0.0622 e. The van der Waals surface area contributed by atoms with Crippen LogP contribution >= 0.6 is 0 Å². The zero-order chi connectivity index (χ0) is 62.1. The second-order valence-corrected chi connectivity index (χ2v) is 26.5. The molecule has 0 atom stereocenters. The highest BCUT2D eigenvalue weighted by Gasteiger charge is 2.29. The second kappa shape index (κ2) is 19.7. The highest BCUT2D eigenvalue weighted by Crippen LogP contribution is 2.51. The molecular weight excluding hydrogens is 1140 g/mol. The van der Waals surface area contributed by atoms with Gasteiger partial charge >= 0.3 is 0 Å². The van der Waals surface area contributed by atoms with Crippen molar-refractivity contribution in [3.05, 3.63) is 315 Å². The Balaban J connectivity index is 0.785. The van der Waals surface area contributed by atoms with Crippen molar-refractivity contribution in [1.82, 2.24) is 17.9 Å². The van der Waals surface area contributed by atoms with Crippen molar-refractivity contribution in [2.24, 2.45) is 0 Å². The topological polar surface area (TPSA) is 25.2 Å². The number of hydrogen-bond acceptors (Lipinski definition) is 2. The first-order valence-corrected chi connectivity index (χ1v) is 32.7. The van der Waals surface area contributed by atoms with Crippen LogP contribution < -0.4 is 9.80 Å². The molecule has 0 amide bonds. The summed E-state index contributed by atoms with van der Waals surface area (Å²) in [5.74, 6) is 0. The number of nitrogens with zero attached hydrogens (tertiary/aromatic N) is 6. The van der Waals surface area contributed by atoms with E-state index in [1.807, 2.05) is 0 Å². The van der Waals surface area contributed by atoms with Gasteiger partial charge in [-0.2, -0.15) is 0 Å². The van der Waals surface area contributed by atoms with Gasteiger partial charge in [-0.15, -0.1) is 0 Å². The third-order valence-electron chi connectivity index (χ3n) is 20.2. The fraction of sp³-hybridized carbons (Fsp3) is 0.0455. The lowest BCUT2D eigenvalue weighted by Crippen LogP contribution is -2.10. The van der Waals surface area contributed by atoms with E-state index in [0.29, 0.717) is 0 Å². The molecule has 0 saturated carbocycles. The first kappa shape index (κ1) is 52.6. The summed E-state index contributed by atoms with van der Waals surface area (Å²) < 4.78 is 10.0. The average Bonchev–Trinajstić information content (AvgIpc) is 1.54. The molecule has 0 aliphatic rings. The summed E-state index contributed by atoms with van der Waals surface area (Å²) in [5.41, 5.74) is 24.5. The number of anilines is 6. The summed E-state index contributed by atoms with van der Waals surface area (Å²) in [5, 5.41) is 15.0. The van der Waals surface area contributed by atoms with E-state index >= 15 is 0 Å². The van der Waals surface area contributed by atoms with Crippen molar-refractivity contribution in [1.29, 1.82) is 0 Å². The van der Waals surface area contributed by atoms with Gasteiger partial charge in [0.05, 0.1) is 66.5 Å². The lowest BCUT2D eigenvalue weighted by Gasteiger charge is -2.27. The predicted octanol–water partition coefficient (Wildman–Crippen LogP) is 24.1. The van der Waals surface area contributed by atoms with Gasteiger partial charge in [-0.25, -0.2) is 0 Å². The van der Waals surface area contributed by atoms with Gasteiger partial charge in [-0.3, -0.25) is 0 Å². The maximum absolute atomic E-state index is 2.58. The third-order valence-corrected chi connectivity index (χ3v) is 20.2. The smallest absolute Gasteiger partial charge is 0.0622 e. The van der Waals surface area contributed by atoms with Gasteiger partial charge in [0.2, 0.25) is 0 Å². The normalized spacial score (nSPS) is 12.4. The first-order valence-electron chi connectivity index (χ1n) is 32.7. The van der Waals surface area contributed by atoms with Crippen LogP contribution in [0, 0.1) is 0 Å². The second-order valence-electron chi connectivity index (χ2n) is 26.5. The van der Waals surface area contributed by atoms with E-state index in [9.17, 15) is 0 Å². The van der Waals surface area contributed by atoms with Crippen LogP contribution in [0.15, 0.2) is 309 Å². The van der Waals surface area contributed by atoms with Gasteiger partial charge in [0.1, 0.15) is 0 Å². The maximum atomic E-state index is 2.58. The Hall–Kier alpha value is -12.1. The molecule has 0 N–H and O–H groups in total. The van der Waals surface area contributed by atoms with Crippen LogP contribution in [-0.2, 0) is 5.41 Å². The summed E-state index contributed by atoms with van der Waals surface area (Å²) in [4.78, 5) is 4.87. The zero-order valence-electron chi connectivity index (χ0n) is 52.1. The van der Waals surface area contributed by atoms with E-state index in [2.05, 4.69) is 358 Å². The Morgan fingerprint density at radius 3 is 1.17 bits per heavy atom. The van der Waals surface area contributed by atoms with Crippen LogP contribution in [0.2, 0.25) is 0 Å². The molecule has 0 bridgehead atoms. The quantitative estimate of drug-likeness (QED) is 0.144. The predicted molar refractivity (Wildman–Crippen MR) is 398 cm³/mol. The minimum absolute atomic E-state index is 0.0864. The molecule has 0 radical (unpaired) electrons. The minimum Gasteiger partial charge on any atom is -0.310 e. The van der Waals surface area contributed by atoms with Crippen molar-refractivity contribution in [2.75, 3.05) is 9.80 Å². The summed E-state index contributed by atoms with van der Waals surface area (Å²) in [7, 11) is 0. The van der Waals surface area contributed by atoms with Crippen LogP contribution in [0.1, 0.15) is 26.3 Å². The lowest BCUT2D eigenvalue weighted by molar-refractivity contribution is 0.592. The molecule has 14 aromatic carbocycles. The number of fused-ring (bicyclic) bond motifs is 18. The zero-order valence-corrected chi connectivity index (χ0v) is 52.1. The fourth-order valence-corrected chi connectivity index (χ4v) is 16.2. The van der Waals surface area contributed by atoms with Crippen molar-refractivity contribution in [3.63, 3.8) is 0 Å². The number of benzene rings is 14. The molecule has 20 aromatic rings. The Bertz CT molecular complexity index is 6390.